The van der Waals surface area contributed by atoms with Gasteiger partial charge in [-0.25, -0.2) is 0 Å². The molecule has 1 atom stereocenters. The Morgan fingerprint density at radius 1 is 1.29 bits per heavy atom. The van der Waals surface area contributed by atoms with Crippen LogP contribution in [0.1, 0.15) is 5.89 Å². The van der Waals surface area contributed by atoms with Crippen LogP contribution >= 0.6 is 11.6 Å². The summed E-state index contributed by atoms with van der Waals surface area (Å²) in [5, 5.41) is 18.1. The lowest BCUT2D eigenvalue weighted by atomic mass is 10.2. The molecule has 3 rings (SSSR count). The van der Waals surface area contributed by atoms with E-state index in [0.29, 0.717) is 36.6 Å². The summed E-state index contributed by atoms with van der Waals surface area (Å²) in [7, 11) is 0. The number of nitrogens with zero attached hydrogens (tertiary/aromatic N) is 3. The molecule has 2 aromatic rings. The number of ether oxygens (including phenoxy) is 1. The van der Waals surface area contributed by atoms with Gasteiger partial charge in [0.25, 0.3) is 0 Å². The molecule has 1 unspecified atom stereocenters. The lowest BCUT2D eigenvalue weighted by molar-refractivity contribution is -0.0342. The van der Waals surface area contributed by atoms with Crippen LogP contribution in [-0.2, 0) is 11.3 Å². The Kier molecular flexibility index (Phi) is 4.50. The fourth-order valence-electron chi connectivity index (χ4n) is 2.27. The van der Waals surface area contributed by atoms with Crippen LogP contribution in [0, 0.1) is 0 Å². The molecule has 0 bridgehead atoms. The lowest BCUT2D eigenvalue weighted by Crippen LogP contribution is -2.46. The van der Waals surface area contributed by atoms with Crippen molar-refractivity contribution in [2.24, 2.45) is 0 Å². The van der Waals surface area contributed by atoms with Gasteiger partial charge in [0, 0.05) is 17.1 Å². The summed E-state index contributed by atoms with van der Waals surface area (Å²) in [5.74, 6) is 0.996. The molecular weight excluding hydrogens is 294 g/mol. The number of halogens is 1. The number of hydrogen-bond donors (Lipinski definition) is 1. The number of aliphatic hydroxyl groups excluding tert-OH is 1. The van der Waals surface area contributed by atoms with E-state index in [4.69, 9.17) is 20.8 Å². The van der Waals surface area contributed by atoms with Crippen molar-refractivity contribution in [2.45, 2.75) is 12.6 Å². The van der Waals surface area contributed by atoms with Crippen LogP contribution in [0.15, 0.2) is 28.7 Å². The lowest BCUT2D eigenvalue weighted by Gasteiger charge is -2.33. The zero-order valence-electron chi connectivity index (χ0n) is 11.4. The third-order valence-corrected chi connectivity index (χ3v) is 3.71. The molecule has 1 aromatic heterocycles. The number of benzene rings is 1. The highest BCUT2D eigenvalue weighted by atomic mass is 35.5. The SMILES string of the molecule is OCC1COCCN1Cc1nnc(-c2ccc(Cl)cc2)o1. The van der Waals surface area contributed by atoms with Gasteiger partial charge in [0.15, 0.2) is 0 Å². The standard InChI is InChI=1S/C14H16ClN3O3/c15-11-3-1-10(2-4-11)14-17-16-13(21-14)7-18-5-6-20-9-12(18)8-19/h1-4,12,19H,5-9H2. The van der Waals surface area contributed by atoms with Crippen molar-refractivity contribution in [2.75, 3.05) is 26.4 Å². The molecule has 1 fully saturated rings. The van der Waals surface area contributed by atoms with E-state index < -0.39 is 0 Å². The first-order valence-corrected chi connectivity index (χ1v) is 7.15. The molecule has 0 spiro atoms. The maximum absolute atomic E-state index is 9.35. The van der Waals surface area contributed by atoms with E-state index in [1.807, 2.05) is 12.1 Å². The zero-order valence-corrected chi connectivity index (χ0v) is 12.2. The van der Waals surface area contributed by atoms with Crippen LogP contribution in [0.4, 0.5) is 0 Å². The van der Waals surface area contributed by atoms with Crippen molar-refractivity contribution in [1.82, 2.24) is 15.1 Å². The number of aromatic nitrogens is 2. The van der Waals surface area contributed by atoms with Gasteiger partial charge in [0.1, 0.15) is 0 Å². The summed E-state index contributed by atoms with van der Waals surface area (Å²) in [5.41, 5.74) is 0.832. The number of morpholine rings is 1. The van der Waals surface area contributed by atoms with Gasteiger partial charge in [-0.1, -0.05) is 11.6 Å². The van der Waals surface area contributed by atoms with Crippen molar-refractivity contribution in [1.29, 1.82) is 0 Å². The Morgan fingerprint density at radius 2 is 2.10 bits per heavy atom. The van der Waals surface area contributed by atoms with Crippen molar-refractivity contribution >= 4 is 11.6 Å². The first-order valence-electron chi connectivity index (χ1n) is 6.77. The Labute approximate surface area is 127 Å². The first-order chi connectivity index (χ1) is 10.3. The Hall–Kier alpha value is -1.47. The normalized spacial score (nSPS) is 19.8. The maximum atomic E-state index is 9.35. The molecule has 1 aromatic carbocycles. The minimum atomic E-state index is -0.0235. The maximum Gasteiger partial charge on any atom is 0.247 e. The van der Waals surface area contributed by atoms with E-state index in [2.05, 4.69) is 15.1 Å². The monoisotopic (exact) mass is 309 g/mol. The van der Waals surface area contributed by atoms with Crippen molar-refractivity contribution in [3.05, 3.63) is 35.2 Å². The molecule has 0 aliphatic carbocycles. The van der Waals surface area contributed by atoms with Gasteiger partial charge in [-0.05, 0) is 24.3 Å². The second kappa shape index (κ2) is 6.53. The predicted molar refractivity (Wildman–Crippen MR) is 76.8 cm³/mol. The Bertz CT molecular complexity index is 587. The first kappa shape index (κ1) is 14.5. The summed E-state index contributed by atoms with van der Waals surface area (Å²) in [6.45, 7) is 2.47. The van der Waals surface area contributed by atoms with Gasteiger partial charge in [0.2, 0.25) is 11.8 Å². The molecule has 1 aliphatic heterocycles. The number of hydrogen-bond acceptors (Lipinski definition) is 6. The number of rotatable bonds is 4. The molecular formula is C14H16ClN3O3. The van der Waals surface area contributed by atoms with Crippen LogP contribution < -0.4 is 0 Å². The summed E-state index contributed by atoms with van der Waals surface area (Å²) in [4.78, 5) is 2.09. The quantitative estimate of drug-likeness (QED) is 0.924. The highest BCUT2D eigenvalue weighted by molar-refractivity contribution is 6.30. The third kappa shape index (κ3) is 3.41. The van der Waals surface area contributed by atoms with Gasteiger partial charge in [-0.15, -0.1) is 10.2 Å². The van der Waals surface area contributed by atoms with Gasteiger partial charge in [-0.3, -0.25) is 4.90 Å². The molecule has 1 N–H and O–H groups in total. The second-order valence-electron chi connectivity index (χ2n) is 4.89. The molecule has 0 amide bonds. The molecule has 112 valence electrons. The third-order valence-electron chi connectivity index (χ3n) is 3.46. The summed E-state index contributed by atoms with van der Waals surface area (Å²) < 4.78 is 11.0. The van der Waals surface area contributed by atoms with E-state index in [-0.39, 0.29) is 12.6 Å². The largest absolute Gasteiger partial charge is 0.419 e. The van der Waals surface area contributed by atoms with Crippen LogP contribution in [-0.4, -0.2) is 52.6 Å². The van der Waals surface area contributed by atoms with Gasteiger partial charge in [-0.2, -0.15) is 0 Å². The van der Waals surface area contributed by atoms with Crippen LogP contribution in [0.25, 0.3) is 11.5 Å². The second-order valence-corrected chi connectivity index (χ2v) is 5.33. The molecule has 21 heavy (non-hydrogen) atoms. The van der Waals surface area contributed by atoms with Crippen LogP contribution in [0.5, 0.6) is 0 Å². The smallest absolute Gasteiger partial charge is 0.247 e. The molecule has 2 heterocycles. The number of aliphatic hydroxyl groups is 1. The van der Waals surface area contributed by atoms with Crippen molar-refractivity contribution < 1.29 is 14.3 Å². The van der Waals surface area contributed by atoms with Crippen molar-refractivity contribution in [3.63, 3.8) is 0 Å². The predicted octanol–water partition coefficient (Wildman–Crippen LogP) is 1.58. The van der Waals surface area contributed by atoms with E-state index in [0.717, 1.165) is 12.1 Å². The zero-order chi connectivity index (χ0) is 14.7. The minimum Gasteiger partial charge on any atom is -0.419 e. The average Bonchev–Trinajstić information content (AvgIpc) is 2.97. The van der Waals surface area contributed by atoms with Crippen LogP contribution in [0.2, 0.25) is 5.02 Å². The van der Waals surface area contributed by atoms with E-state index in [9.17, 15) is 5.11 Å². The fraction of sp³-hybridized carbons (Fsp3) is 0.429. The van der Waals surface area contributed by atoms with Crippen molar-refractivity contribution in [3.8, 4) is 11.5 Å². The minimum absolute atomic E-state index is 0.0235. The Balaban J connectivity index is 1.71. The van der Waals surface area contributed by atoms with Crippen LogP contribution in [0.3, 0.4) is 0 Å². The highest BCUT2D eigenvalue weighted by Gasteiger charge is 2.24. The molecule has 0 saturated carbocycles. The molecule has 0 radical (unpaired) electrons. The molecule has 6 nitrogen and oxygen atoms in total. The molecule has 1 saturated heterocycles. The highest BCUT2D eigenvalue weighted by Crippen LogP contribution is 2.21. The Morgan fingerprint density at radius 3 is 2.86 bits per heavy atom. The average molecular weight is 310 g/mol. The van der Waals surface area contributed by atoms with Gasteiger partial charge < -0.3 is 14.3 Å². The summed E-state index contributed by atoms with van der Waals surface area (Å²) in [6, 6.07) is 7.22. The summed E-state index contributed by atoms with van der Waals surface area (Å²) in [6.07, 6.45) is 0. The molecule has 7 heteroatoms. The van der Waals surface area contributed by atoms with Gasteiger partial charge >= 0.3 is 0 Å². The van der Waals surface area contributed by atoms with E-state index >= 15 is 0 Å². The van der Waals surface area contributed by atoms with E-state index in [1.54, 1.807) is 12.1 Å². The fourth-order valence-corrected chi connectivity index (χ4v) is 2.39. The topological polar surface area (TPSA) is 71.6 Å². The summed E-state index contributed by atoms with van der Waals surface area (Å²) >= 11 is 5.86. The molecule has 1 aliphatic rings. The van der Waals surface area contributed by atoms with Gasteiger partial charge in [0.05, 0.1) is 32.4 Å². The van der Waals surface area contributed by atoms with E-state index in [1.165, 1.54) is 0 Å².